The van der Waals surface area contributed by atoms with Crippen molar-refractivity contribution in [2.24, 2.45) is 0 Å². The minimum atomic E-state index is -2.44. The minimum Gasteiger partial charge on any atom is -0.296 e. The zero-order valence-corrected chi connectivity index (χ0v) is 15.2. The Hall–Kier alpha value is -2.88. The maximum atomic E-state index is 12.6. The smallest absolute Gasteiger partial charge is 0.257 e. The Morgan fingerprint density at radius 1 is 1.07 bits per heavy atom. The highest BCUT2D eigenvalue weighted by Gasteiger charge is 2.24. The van der Waals surface area contributed by atoms with E-state index in [1.165, 1.54) is 17.3 Å². The van der Waals surface area contributed by atoms with Crippen molar-refractivity contribution in [2.75, 3.05) is 13.1 Å². The van der Waals surface area contributed by atoms with Gasteiger partial charge in [-0.15, -0.1) is 0 Å². The summed E-state index contributed by atoms with van der Waals surface area (Å²) in [6.45, 7) is 1.75. The molecule has 146 valence electrons. The van der Waals surface area contributed by atoms with E-state index in [-0.39, 0.29) is 5.92 Å². The molecule has 4 rings (SSSR count). The van der Waals surface area contributed by atoms with Crippen LogP contribution in [0.25, 0.3) is 11.3 Å². The largest absolute Gasteiger partial charge is 0.296 e. The molecule has 0 aromatic carbocycles. The molecular formula is C18H20F2N8. The van der Waals surface area contributed by atoms with E-state index >= 15 is 0 Å². The molecule has 4 heterocycles. The minimum absolute atomic E-state index is 0.264. The predicted octanol–water partition coefficient (Wildman–Crippen LogP) is 2.17. The molecule has 0 spiro atoms. The third-order valence-electron chi connectivity index (χ3n) is 4.85. The van der Waals surface area contributed by atoms with Crippen molar-refractivity contribution in [3.63, 3.8) is 0 Å². The van der Waals surface area contributed by atoms with Crippen LogP contribution in [-0.4, -0.2) is 59.1 Å². The normalized spacial score (nSPS) is 16.0. The van der Waals surface area contributed by atoms with Crippen LogP contribution in [0, 0.1) is 0 Å². The van der Waals surface area contributed by atoms with Gasteiger partial charge in [-0.05, 0) is 32.0 Å². The van der Waals surface area contributed by atoms with Gasteiger partial charge in [0.25, 0.3) is 6.43 Å². The van der Waals surface area contributed by atoms with E-state index in [0.29, 0.717) is 12.4 Å². The van der Waals surface area contributed by atoms with Crippen LogP contribution in [0.1, 0.15) is 30.4 Å². The number of aromatic nitrogens is 7. The van der Waals surface area contributed by atoms with E-state index < -0.39 is 13.0 Å². The quantitative estimate of drug-likeness (QED) is 0.642. The summed E-state index contributed by atoms with van der Waals surface area (Å²) in [6.07, 6.45) is 7.42. The van der Waals surface area contributed by atoms with Crippen LogP contribution in [0.3, 0.4) is 0 Å². The molecule has 28 heavy (non-hydrogen) atoms. The molecule has 0 saturated carbocycles. The van der Waals surface area contributed by atoms with Gasteiger partial charge in [-0.25, -0.2) is 38.4 Å². The summed E-state index contributed by atoms with van der Waals surface area (Å²) in [7, 11) is 0. The number of hydrogen-bond donors (Lipinski definition) is 0. The van der Waals surface area contributed by atoms with Crippen LogP contribution < -0.4 is 0 Å². The number of rotatable bonds is 6. The van der Waals surface area contributed by atoms with Crippen molar-refractivity contribution >= 4 is 0 Å². The van der Waals surface area contributed by atoms with Gasteiger partial charge in [0.05, 0.1) is 12.2 Å². The molecule has 1 aliphatic rings. The maximum absolute atomic E-state index is 12.6. The SMILES string of the molecule is FC(F)Cn1ncnc1CN1CCC(c2nccc(-c3cncnc3)n2)CC1. The molecule has 1 aliphatic heterocycles. The van der Waals surface area contributed by atoms with Crippen molar-refractivity contribution in [1.82, 2.24) is 39.6 Å². The lowest BCUT2D eigenvalue weighted by atomic mass is 9.95. The summed E-state index contributed by atoms with van der Waals surface area (Å²) in [6, 6.07) is 1.85. The molecule has 8 nitrogen and oxygen atoms in total. The average molecular weight is 386 g/mol. The van der Waals surface area contributed by atoms with Crippen molar-refractivity contribution < 1.29 is 8.78 Å². The fraction of sp³-hybridized carbons (Fsp3) is 0.444. The fourth-order valence-corrected chi connectivity index (χ4v) is 3.41. The molecule has 0 atom stereocenters. The molecule has 0 aliphatic carbocycles. The van der Waals surface area contributed by atoms with Gasteiger partial charge in [0.15, 0.2) is 0 Å². The van der Waals surface area contributed by atoms with Crippen LogP contribution >= 0.6 is 0 Å². The van der Waals surface area contributed by atoms with Crippen molar-refractivity contribution in [3.8, 4) is 11.3 Å². The topological polar surface area (TPSA) is 85.5 Å². The van der Waals surface area contributed by atoms with Gasteiger partial charge in [0, 0.05) is 30.1 Å². The number of hydrogen-bond acceptors (Lipinski definition) is 7. The van der Waals surface area contributed by atoms with Gasteiger partial charge in [-0.1, -0.05) is 0 Å². The number of likely N-dealkylation sites (tertiary alicyclic amines) is 1. The molecule has 0 N–H and O–H groups in total. The monoisotopic (exact) mass is 386 g/mol. The Morgan fingerprint density at radius 3 is 2.61 bits per heavy atom. The Morgan fingerprint density at radius 2 is 1.86 bits per heavy atom. The van der Waals surface area contributed by atoms with E-state index in [0.717, 1.165) is 43.0 Å². The zero-order chi connectivity index (χ0) is 19.3. The van der Waals surface area contributed by atoms with Gasteiger partial charge in [0.1, 0.15) is 30.8 Å². The summed E-state index contributed by atoms with van der Waals surface area (Å²) < 4.78 is 26.5. The molecular weight excluding hydrogens is 366 g/mol. The van der Waals surface area contributed by atoms with E-state index in [9.17, 15) is 8.78 Å². The van der Waals surface area contributed by atoms with Crippen LogP contribution in [0.15, 0.2) is 37.3 Å². The highest BCUT2D eigenvalue weighted by atomic mass is 19.3. The third-order valence-corrected chi connectivity index (χ3v) is 4.85. The van der Waals surface area contributed by atoms with Crippen molar-refractivity contribution in [3.05, 3.63) is 49.0 Å². The summed E-state index contributed by atoms with van der Waals surface area (Å²) in [4.78, 5) is 23.6. The summed E-state index contributed by atoms with van der Waals surface area (Å²) in [5.74, 6) is 1.66. The molecule has 0 radical (unpaired) electrons. The van der Waals surface area contributed by atoms with Crippen molar-refractivity contribution in [1.29, 1.82) is 0 Å². The number of nitrogens with zero attached hydrogens (tertiary/aromatic N) is 8. The highest BCUT2D eigenvalue weighted by Crippen LogP contribution is 2.27. The van der Waals surface area contributed by atoms with Gasteiger partial charge >= 0.3 is 0 Å². The maximum Gasteiger partial charge on any atom is 0.257 e. The Labute approximate surface area is 160 Å². The molecule has 3 aromatic heterocycles. The molecule has 0 unspecified atom stereocenters. The second-order valence-electron chi connectivity index (χ2n) is 6.73. The van der Waals surface area contributed by atoms with Gasteiger partial charge in [-0.3, -0.25) is 4.90 Å². The average Bonchev–Trinajstić information content (AvgIpc) is 3.15. The van der Waals surface area contributed by atoms with E-state index in [2.05, 4.69) is 29.9 Å². The number of piperidine rings is 1. The second kappa shape index (κ2) is 8.42. The first kappa shape index (κ1) is 18.5. The first-order chi connectivity index (χ1) is 13.7. The molecule has 10 heteroatoms. The molecule has 3 aromatic rings. The first-order valence-corrected chi connectivity index (χ1v) is 9.14. The standard InChI is InChI=1S/C18H20F2N8/c19-16(20)9-28-17(24-12-25-28)10-27-5-2-13(3-6-27)18-23-4-1-15(26-18)14-7-21-11-22-8-14/h1,4,7-8,11-13,16H,2-3,5-6,9-10H2. The molecule has 1 saturated heterocycles. The first-order valence-electron chi connectivity index (χ1n) is 9.14. The van der Waals surface area contributed by atoms with E-state index in [1.54, 1.807) is 18.6 Å². The predicted molar refractivity (Wildman–Crippen MR) is 96.3 cm³/mol. The Balaban J connectivity index is 1.38. The van der Waals surface area contributed by atoms with Crippen LogP contribution in [-0.2, 0) is 13.1 Å². The molecule has 1 fully saturated rings. The molecule has 0 amide bonds. The molecule has 0 bridgehead atoms. The fourth-order valence-electron chi connectivity index (χ4n) is 3.41. The summed E-state index contributed by atoms with van der Waals surface area (Å²) in [5, 5.41) is 3.89. The summed E-state index contributed by atoms with van der Waals surface area (Å²) >= 11 is 0. The Kier molecular flexibility index (Phi) is 5.56. The number of alkyl halides is 2. The third kappa shape index (κ3) is 4.33. The van der Waals surface area contributed by atoms with Crippen LogP contribution in [0.4, 0.5) is 8.78 Å². The number of halogens is 2. The lowest BCUT2D eigenvalue weighted by Gasteiger charge is -2.30. The van der Waals surface area contributed by atoms with Crippen LogP contribution in [0.5, 0.6) is 0 Å². The summed E-state index contributed by atoms with van der Waals surface area (Å²) in [5.41, 5.74) is 1.68. The van der Waals surface area contributed by atoms with E-state index in [1.807, 2.05) is 6.07 Å². The van der Waals surface area contributed by atoms with Gasteiger partial charge in [-0.2, -0.15) is 5.10 Å². The van der Waals surface area contributed by atoms with Crippen molar-refractivity contribution in [2.45, 2.75) is 38.3 Å². The Bertz CT molecular complexity index is 893. The lowest BCUT2D eigenvalue weighted by molar-refractivity contribution is 0.117. The van der Waals surface area contributed by atoms with E-state index in [4.69, 9.17) is 4.98 Å². The zero-order valence-electron chi connectivity index (χ0n) is 15.2. The van der Waals surface area contributed by atoms with Crippen LogP contribution in [0.2, 0.25) is 0 Å². The van der Waals surface area contributed by atoms with Gasteiger partial charge in [0.2, 0.25) is 0 Å². The second-order valence-corrected chi connectivity index (χ2v) is 6.73. The lowest BCUT2D eigenvalue weighted by Crippen LogP contribution is -2.34. The van der Waals surface area contributed by atoms with Gasteiger partial charge < -0.3 is 0 Å². The highest BCUT2D eigenvalue weighted by molar-refractivity contribution is 5.55.